The van der Waals surface area contributed by atoms with E-state index >= 15 is 0 Å². The number of hydrogen-bond donors (Lipinski definition) is 0. The number of nitro groups is 1. The van der Waals surface area contributed by atoms with Crippen molar-refractivity contribution in [2.75, 3.05) is 0 Å². The lowest BCUT2D eigenvalue weighted by Gasteiger charge is -2.00. The molecule has 1 rings (SSSR count). The molecule has 0 atom stereocenters. The van der Waals surface area contributed by atoms with Gasteiger partial charge >= 0.3 is 0 Å². The van der Waals surface area contributed by atoms with E-state index in [1.807, 2.05) is 0 Å². The van der Waals surface area contributed by atoms with Crippen molar-refractivity contribution in [3.05, 3.63) is 38.1 Å². The van der Waals surface area contributed by atoms with Crippen LogP contribution in [0, 0.1) is 15.9 Å². The molecule has 0 spiro atoms. The van der Waals surface area contributed by atoms with Gasteiger partial charge in [-0.1, -0.05) is 0 Å². The predicted molar refractivity (Wildman–Crippen MR) is 50.3 cm³/mol. The normalized spacial score (nSPS) is 10.1. The molecule has 0 heterocycles. The van der Waals surface area contributed by atoms with Gasteiger partial charge in [-0.15, -0.1) is 11.6 Å². The molecular formula is C7H4BrClFNO2. The van der Waals surface area contributed by atoms with Gasteiger partial charge in [0.15, 0.2) is 0 Å². The fourth-order valence-electron chi connectivity index (χ4n) is 0.823. The molecule has 0 fully saturated rings. The molecule has 0 aliphatic heterocycles. The largest absolute Gasteiger partial charge is 0.284 e. The zero-order chi connectivity index (χ0) is 10.0. The Balaban J connectivity index is 3.30. The van der Waals surface area contributed by atoms with Crippen LogP contribution < -0.4 is 0 Å². The van der Waals surface area contributed by atoms with Gasteiger partial charge in [0.05, 0.1) is 15.3 Å². The zero-order valence-electron chi connectivity index (χ0n) is 6.26. The van der Waals surface area contributed by atoms with Crippen LogP contribution in [0.1, 0.15) is 5.56 Å². The second-order valence-corrected chi connectivity index (χ2v) is 3.41. The van der Waals surface area contributed by atoms with Gasteiger partial charge in [0.1, 0.15) is 5.82 Å². The van der Waals surface area contributed by atoms with Crippen molar-refractivity contribution in [1.29, 1.82) is 0 Å². The molecule has 1 aromatic rings. The van der Waals surface area contributed by atoms with E-state index in [-0.39, 0.29) is 21.6 Å². The van der Waals surface area contributed by atoms with Crippen LogP contribution in [0.4, 0.5) is 10.1 Å². The molecule has 13 heavy (non-hydrogen) atoms. The Morgan fingerprint density at radius 1 is 1.62 bits per heavy atom. The van der Waals surface area contributed by atoms with Crippen molar-refractivity contribution in [2.45, 2.75) is 5.88 Å². The Morgan fingerprint density at radius 2 is 2.23 bits per heavy atom. The Hall–Kier alpha value is -0.680. The third-order valence-electron chi connectivity index (χ3n) is 1.46. The summed E-state index contributed by atoms with van der Waals surface area (Å²) in [5.41, 5.74) is -0.0615. The Labute approximate surface area is 86.8 Å². The van der Waals surface area contributed by atoms with E-state index in [1.54, 1.807) is 0 Å². The number of rotatable bonds is 2. The highest BCUT2D eigenvalue weighted by atomic mass is 79.9. The molecule has 6 heteroatoms. The van der Waals surface area contributed by atoms with Crippen LogP contribution in [0.3, 0.4) is 0 Å². The first kappa shape index (κ1) is 10.4. The molecular weight excluding hydrogens is 264 g/mol. The second kappa shape index (κ2) is 4.02. The average molecular weight is 268 g/mol. The first-order valence-electron chi connectivity index (χ1n) is 3.24. The third kappa shape index (κ3) is 2.16. The van der Waals surface area contributed by atoms with Crippen LogP contribution in [0.25, 0.3) is 0 Å². The maximum atomic E-state index is 13.0. The summed E-state index contributed by atoms with van der Waals surface area (Å²) in [5.74, 6) is -0.632. The van der Waals surface area contributed by atoms with Gasteiger partial charge in [-0.05, 0) is 22.0 Å². The topological polar surface area (TPSA) is 43.1 Å². The minimum absolute atomic E-state index is 0.0834. The van der Waals surface area contributed by atoms with Crippen molar-refractivity contribution >= 4 is 33.2 Å². The van der Waals surface area contributed by atoms with Crippen LogP contribution in [0.2, 0.25) is 0 Å². The summed E-state index contributed by atoms with van der Waals surface area (Å²) < 4.78 is 13.1. The maximum Gasteiger partial charge on any atom is 0.284 e. The fourth-order valence-corrected chi connectivity index (χ4v) is 1.49. The zero-order valence-corrected chi connectivity index (χ0v) is 8.60. The van der Waals surface area contributed by atoms with E-state index in [4.69, 9.17) is 11.6 Å². The third-order valence-corrected chi connectivity index (χ3v) is 2.38. The lowest BCUT2D eigenvalue weighted by Crippen LogP contribution is -1.94. The molecule has 3 nitrogen and oxygen atoms in total. The molecule has 0 N–H and O–H groups in total. The smallest absolute Gasteiger partial charge is 0.258 e. The van der Waals surface area contributed by atoms with Gasteiger partial charge in [0.2, 0.25) is 0 Å². The highest BCUT2D eigenvalue weighted by molar-refractivity contribution is 9.10. The van der Waals surface area contributed by atoms with E-state index < -0.39 is 10.7 Å². The lowest BCUT2D eigenvalue weighted by atomic mass is 10.2. The summed E-state index contributed by atoms with van der Waals surface area (Å²) in [6.45, 7) is 0. The Bertz CT molecular complexity index is 359. The molecule has 70 valence electrons. The summed E-state index contributed by atoms with van der Waals surface area (Å²) in [5, 5.41) is 10.4. The van der Waals surface area contributed by atoms with Crippen molar-refractivity contribution in [1.82, 2.24) is 0 Å². The van der Waals surface area contributed by atoms with E-state index in [0.717, 1.165) is 12.1 Å². The van der Waals surface area contributed by atoms with Crippen LogP contribution in [0.15, 0.2) is 16.6 Å². The van der Waals surface area contributed by atoms with E-state index in [1.165, 1.54) is 0 Å². The molecule has 0 saturated carbocycles. The molecule has 0 bridgehead atoms. The summed E-state index contributed by atoms with van der Waals surface area (Å²) in [4.78, 5) is 9.81. The summed E-state index contributed by atoms with van der Waals surface area (Å²) in [7, 11) is 0. The van der Waals surface area contributed by atoms with Crippen molar-refractivity contribution < 1.29 is 9.31 Å². The van der Waals surface area contributed by atoms with Crippen LogP contribution in [-0.4, -0.2) is 4.92 Å². The van der Waals surface area contributed by atoms with Crippen molar-refractivity contribution in [3.63, 3.8) is 0 Å². The molecule has 0 aromatic heterocycles. The SMILES string of the molecule is O=[N+]([O-])c1cc(CCl)c(F)cc1Br. The lowest BCUT2D eigenvalue weighted by molar-refractivity contribution is -0.385. The fraction of sp³-hybridized carbons (Fsp3) is 0.143. The molecule has 0 amide bonds. The number of halogens is 3. The number of hydrogen-bond acceptors (Lipinski definition) is 2. The average Bonchev–Trinajstić information content (AvgIpc) is 2.03. The first-order chi connectivity index (χ1) is 6.06. The minimum Gasteiger partial charge on any atom is -0.258 e. The predicted octanol–water partition coefficient (Wildman–Crippen LogP) is 3.24. The molecule has 0 unspecified atom stereocenters. The van der Waals surface area contributed by atoms with E-state index in [0.29, 0.717) is 0 Å². The van der Waals surface area contributed by atoms with Gasteiger partial charge in [0.25, 0.3) is 5.69 Å². The monoisotopic (exact) mass is 267 g/mol. The van der Waals surface area contributed by atoms with Crippen LogP contribution in [0.5, 0.6) is 0 Å². The van der Waals surface area contributed by atoms with E-state index in [9.17, 15) is 14.5 Å². The summed E-state index contributed by atoms with van der Waals surface area (Å²) in [6, 6.07) is 2.16. The molecule has 0 aliphatic carbocycles. The highest BCUT2D eigenvalue weighted by Crippen LogP contribution is 2.28. The quantitative estimate of drug-likeness (QED) is 0.469. The second-order valence-electron chi connectivity index (χ2n) is 2.29. The number of nitro benzene ring substituents is 1. The van der Waals surface area contributed by atoms with Gasteiger partial charge < -0.3 is 0 Å². The standard InChI is InChI=1S/C7H4BrClFNO2/c8-5-2-6(10)4(3-9)1-7(5)11(12)13/h1-2H,3H2. The van der Waals surface area contributed by atoms with Crippen molar-refractivity contribution in [3.8, 4) is 0 Å². The molecule has 0 radical (unpaired) electrons. The number of benzene rings is 1. The molecule has 0 aliphatic rings. The van der Waals surface area contributed by atoms with Crippen molar-refractivity contribution in [2.24, 2.45) is 0 Å². The van der Waals surface area contributed by atoms with Gasteiger partial charge in [-0.25, -0.2) is 4.39 Å². The van der Waals surface area contributed by atoms with Crippen LogP contribution >= 0.6 is 27.5 Å². The van der Waals surface area contributed by atoms with Gasteiger partial charge in [-0.2, -0.15) is 0 Å². The minimum atomic E-state index is -0.598. The number of alkyl halides is 1. The summed E-state index contributed by atoms with van der Waals surface area (Å²) >= 11 is 8.27. The molecule has 1 aromatic carbocycles. The summed E-state index contributed by atoms with van der Waals surface area (Å²) in [6.07, 6.45) is 0. The number of nitrogens with zero attached hydrogens (tertiary/aromatic N) is 1. The molecule has 0 saturated heterocycles. The Morgan fingerprint density at radius 3 is 2.69 bits per heavy atom. The van der Waals surface area contributed by atoms with Gasteiger partial charge in [-0.3, -0.25) is 10.1 Å². The van der Waals surface area contributed by atoms with Gasteiger partial charge in [0, 0.05) is 11.6 Å². The highest BCUT2D eigenvalue weighted by Gasteiger charge is 2.15. The Kier molecular flexibility index (Phi) is 3.22. The van der Waals surface area contributed by atoms with Crippen LogP contribution in [-0.2, 0) is 5.88 Å². The van der Waals surface area contributed by atoms with E-state index in [2.05, 4.69) is 15.9 Å². The maximum absolute atomic E-state index is 13.0. The first-order valence-corrected chi connectivity index (χ1v) is 4.57.